The number of carbonyl (C=O) groups excluding carboxylic acids is 2. The lowest BCUT2D eigenvalue weighted by Gasteiger charge is -2.27. The highest BCUT2D eigenvalue weighted by Crippen LogP contribution is 2.14. The minimum Gasteiger partial charge on any atom is -0.378 e. The third kappa shape index (κ3) is 5.33. The molecule has 0 radical (unpaired) electrons. The van der Waals surface area contributed by atoms with Gasteiger partial charge in [0.25, 0.3) is 5.91 Å². The Hall–Kier alpha value is -2.86. The van der Waals surface area contributed by atoms with Crippen molar-refractivity contribution in [1.82, 2.24) is 9.80 Å². The Kier molecular flexibility index (Phi) is 7.03. The monoisotopic (exact) mass is 381 g/mol. The fourth-order valence-electron chi connectivity index (χ4n) is 3.17. The molecule has 0 bridgehead atoms. The average Bonchev–Trinajstić information content (AvgIpc) is 2.75. The van der Waals surface area contributed by atoms with Gasteiger partial charge in [-0.2, -0.15) is 0 Å². The van der Waals surface area contributed by atoms with Crippen molar-refractivity contribution in [3.8, 4) is 0 Å². The summed E-state index contributed by atoms with van der Waals surface area (Å²) in [6.07, 6.45) is 0.882. The molecule has 28 heavy (non-hydrogen) atoms. The molecular formula is C22H27N3O3. The molecule has 0 aromatic heterocycles. The Balaban J connectivity index is 1.61. The molecule has 1 fully saturated rings. The molecule has 3 rings (SSSR count). The molecule has 148 valence electrons. The lowest BCUT2D eigenvalue weighted by atomic mass is 10.1. The van der Waals surface area contributed by atoms with Gasteiger partial charge in [0.05, 0.1) is 13.2 Å². The second-order valence-electron chi connectivity index (χ2n) is 6.82. The summed E-state index contributed by atoms with van der Waals surface area (Å²) in [5, 5.41) is 2.93. The number of urea groups is 1. The Bertz CT molecular complexity index is 771. The van der Waals surface area contributed by atoms with Crippen molar-refractivity contribution in [3.63, 3.8) is 0 Å². The fourth-order valence-corrected chi connectivity index (χ4v) is 3.17. The van der Waals surface area contributed by atoms with Crippen LogP contribution < -0.4 is 5.32 Å². The molecule has 1 aliphatic heterocycles. The topological polar surface area (TPSA) is 61.9 Å². The first-order valence-corrected chi connectivity index (χ1v) is 9.74. The van der Waals surface area contributed by atoms with E-state index in [9.17, 15) is 9.59 Å². The van der Waals surface area contributed by atoms with Crippen LogP contribution in [0.3, 0.4) is 0 Å². The Labute approximate surface area is 166 Å². The summed E-state index contributed by atoms with van der Waals surface area (Å²) in [5.74, 6) is -0.00198. The molecule has 0 spiro atoms. The Morgan fingerprint density at radius 2 is 1.71 bits per heavy atom. The van der Waals surface area contributed by atoms with Crippen molar-refractivity contribution in [2.75, 3.05) is 38.2 Å². The van der Waals surface area contributed by atoms with Crippen molar-refractivity contribution in [3.05, 3.63) is 65.7 Å². The molecule has 0 saturated carbocycles. The van der Waals surface area contributed by atoms with Crippen molar-refractivity contribution in [2.24, 2.45) is 0 Å². The summed E-state index contributed by atoms with van der Waals surface area (Å²) >= 11 is 0. The Morgan fingerprint density at radius 3 is 2.36 bits per heavy atom. The van der Waals surface area contributed by atoms with Crippen molar-refractivity contribution >= 4 is 17.6 Å². The minimum absolute atomic E-state index is 0.00198. The molecule has 2 aromatic rings. The molecule has 3 amide bonds. The Morgan fingerprint density at radius 1 is 1.04 bits per heavy atom. The second kappa shape index (κ2) is 9.90. The zero-order valence-electron chi connectivity index (χ0n) is 16.3. The van der Waals surface area contributed by atoms with Crippen LogP contribution >= 0.6 is 0 Å². The number of hydrogen-bond acceptors (Lipinski definition) is 3. The first-order valence-electron chi connectivity index (χ1n) is 9.74. The van der Waals surface area contributed by atoms with Crippen molar-refractivity contribution in [1.29, 1.82) is 0 Å². The summed E-state index contributed by atoms with van der Waals surface area (Å²) in [6.45, 7) is 5.68. The lowest BCUT2D eigenvalue weighted by Crippen LogP contribution is -2.40. The van der Waals surface area contributed by atoms with Gasteiger partial charge in [0.1, 0.15) is 0 Å². The summed E-state index contributed by atoms with van der Waals surface area (Å²) in [7, 11) is 0. The van der Waals surface area contributed by atoms with Crippen LogP contribution in [0.5, 0.6) is 0 Å². The van der Waals surface area contributed by atoms with E-state index < -0.39 is 0 Å². The quantitative estimate of drug-likeness (QED) is 0.832. The van der Waals surface area contributed by atoms with Gasteiger partial charge >= 0.3 is 6.03 Å². The van der Waals surface area contributed by atoms with Gasteiger partial charge in [-0.05, 0) is 36.2 Å². The normalized spacial score (nSPS) is 13.8. The highest BCUT2D eigenvalue weighted by Gasteiger charge is 2.19. The van der Waals surface area contributed by atoms with Crippen LogP contribution in [-0.4, -0.2) is 54.6 Å². The fraction of sp³-hybridized carbons (Fsp3) is 0.364. The van der Waals surface area contributed by atoms with Gasteiger partial charge in [0.15, 0.2) is 0 Å². The zero-order valence-corrected chi connectivity index (χ0v) is 16.3. The van der Waals surface area contributed by atoms with E-state index in [0.29, 0.717) is 50.6 Å². The van der Waals surface area contributed by atoms with Crippen LogP contribution in [0.4, 0.5) is 10.5 Å². The molecule has 0 atom stereocenters. The average molecular weight is 381 g/mol. The van der Waals surface area contributed by atoms with E-state index in [1.807, 2.05) is 30.3 Å². The van der Waals surface area contributed by atoms with Gasteiger partial charge in [0, 0.05) is 37.4 Å². The van der Waals surface area contributed by atoms with Crippen LogP contribution in [-0.2, 0) is 11.3 Å². The van der Waals surface area contributed by atoms with Crippen molar-refractivity contribution in [2.45, 2.75) is 19.9 Å². The maximum absolute atomic E-state index is 12.7. The predicted octanol–water partition coefficient (Wildman–Crippen LogP) is 3.60. The molecule has 0 aliphatic carbocycles. The summed E-state index contributed by atoms with van der Waals surface area (Å²) < 4.78 is 5.29. The van der Waals surface area contributed by atoms with Crippen LogP contribution in [0.25, 0.3) is 0 Å². The van der Waals surface area contributed by atoms with E-state index in [2.05, 4.69) is 12.2 Å². The van der Waals surface area contributed by atoms with Crippen molar-refractivity contribution < 1.29 is 14.3 Å². The molecule has 1 N–H and O–H groups in total. The highest BCUT2D eigenvalue weighted by molar-refractivity contribution is 5.95. The van der Waals surface area contributed by atoms with E-state index in [1.54, 1.807) is 34.1 Å². The van der Waals surface area contributed by atoms with Crippen LogP contribution in [0.15, 0.2) is 54.6 Å². The number of anilines is 1. The van der Waals surface area contributed by atoms with E-state index in [0.717, 1.165) is 12.0 Å². The van der Waals surface area contributed by atoms with Crippen LogP contribution in [0, 0.1) is 0 Å². The predicted molar refractivity (Wildman–Crippen MR) is 109 cm³/mol. The second-order valence-corrected chi connectivity index (χ2v) is 6.82. The number of amides is 3. The molecule has 6 nitrogen and oxygen atoms in total. The van der Waals surface area contributed by atoms with Gasteiger partial charge in [-0.3, -0.25) is 4.79 Å². The summed E-state index contributed by atoms with van der Waals surface area (Å²) in [4.78, 5) is 28.8. The standard InChI is InChI=1S/C22H27N3O3/c1-2-12-25(17-18-6-4-3-5-7-18)22(27)23-20-10-8-19(9-11-20)21(26)24-13-15-28-16-14-24/h3-11H,2,12-17H2,1H3,(H,23,27). The lowest BCUT2D eigenvalue weighted by molar-refractivity contribution is 0.0303. The molecule has 0 unspecified atom stereocenters. The van der Waals surface area contributed by atoms with Gasteiger partial charge < -0.3 is 19.9 Å². The van der Waals surface area contributed by atoms with Gasteiger partial charge in [-0.1, -0.05) is 37.3 Å². The molecule has 1 aliphatic rings. The number of ether oxygens (including phenoxy) is 1. The number of nitrogens with one attached hydrogen (secondary N) is 1. The summed E-state index contributed by atoms with van der Waals surface area (Å²) in [6, 6.07) is 16.9. The maximum atomic E-state index is 12.7. The van der Waals surface area contributed by atoms with E-state index in [1.165, 1.54) is 0 Å². The molecule has 6 heteroatoms. The maximum Gasteiger partial charge on any atom is 0.322 e. The largest absolute Gasteiger partial charge is 0.378 e. The number of rotatable bonds is 6. The number of nitrogens with zero attached hydrogens (tertiary/aromatic N) is 2. The van der Waals surface area contributed by atoms with Gasteiger partial charge in [-0.25, -0.2) is 4.79 Å². The number of hydrogen-bond donors (Lipinski definition) is 1. The number of benzene rings is 2. The molecule has 1 heterocycles. The third-order valence-corrected chi connectivity index (χ3v) is 4.68. The molecule has 1 saturated heterocycles. The van der Waals surface area contributed by atoms with Gasteiger partial charge in [0.2, 0.25) is 0 Å². The van der Waals surface area contributed by atoms with E-state index in [4.69, 9.17) is 4.74 Å². The van der Waals surface area contributed by atoms with E-state index in [-0.39, 0.29) is 11.9 Å². The van der Waals surface area contributed by atoms with Crippen LogP contribution in [0.1, 0.15) is 29.3 Å². The highest BCUT2D eigenvalue weighted by atomic mass is 16.5. The zero-order chi connectivity index (χ0) is 19.8. The van der Waals surface area contributed by atoms with Gasteiger partial charge in [-0.15, -0.1) is 0 Å². The van der Waals surface area contributed by atoms with Crippen LogP contribution in [0.2, 0.25) is 0 Å². The smallest absolute Gasteiger partial charge is 0.322 e. The SMILES string of the molecule is CCCN(Cc1ccccc1)C(=O)Nc1ccc(C(=O)N2CCOCC2)cc1. The first kappa shape index (κ1) is 19.9. The number of carbonyl (C=O) groups is 2. The summed E-state index contributed by atoms with van der Waals surface area (Å²) in [5.41, 5.74) is 2.39. The first-order chi connectivity index (χ1) is 13.7. The minimum atomic E-state index is -0.141. The molecule has 2 aromatic carbocycles. The molecular weight excluding hydrogens is 354 g/mol. The number of morpholine rings is 1. The van der Waals surface area contributed by atoms with E-state index >= 15 is 0 Å². The third-order valence-electron chi connectivity index (χ3n) is 4.68.